The van der Waals surface area contributed by atoms with E-state index in [1.807, 2.05) is 120 Å². The van der Waals surface area contributed by atoms with E-state index in [0.717, 1.165) is 29.5 Å². The first-order valence-corrected chi connectivity index (χ1v) is 29.3. The number of carbonyl (C=O) groups is 6. The van der Waals surface area contributed by atoms with Crippen LogP contribution in [0.2, 0.25) is 0 Å². The molecule has 6 rings (SSSR count). The molecule has 0 radical (unpaired) electrons. The molecule has 0 fully saturated rings. The molecule has 1 unspecified atom stereocenters. The van der Waals surface area contributed by atoms with E-state index >= 15 is 0 Å². The van der Waals surface area contributed by atoms with Crippen LogP contribution in [-0.4, -0.2) is 55.3 Å². The van der Waals surface area contributed by atoms with E-state index in [1.54, 1.807) is 54.6 Å². The van der Waals surface area contributed by atoms with Gasteiger partial charge >= 0.3 is 35.4 Å². The first-order valence-electron chi connectivity index (χ1n) is 29.3. The predicted molar refractivity (Wildman–Crippen MR) is 337 cm³/mol. The maximum Gasteiger partial charge on any atom is 0.314 e. The van der Waals surface area contributed by atoms with Gasteiger partial charge in [0, 0.05) is 17.1 Å². The zero-order valence-corrected chi connectivity index (χ0v) is 50.4. The van der Waals surface area contributed by atoms with E-state index in [2.05, 4.69) is 66.5 Å². The fourth-order valence-corrected chi connectivity index (χ4v) is 8.71. The van der Waals surface area contributed by atoms with Crippen molar-refractivity contribution in [3.63, 3.8) is 0 Å². The fourth-order valence-electron chi connectivity index (χ4n) is 8.71. The number of benzene rings is 6. The minimum Gasteiger partial charge on any atom is -0.492 e. The van der Waals surface area contributed by atoms with Crippen LogP contribution < -0.4 is 46.1 Å². The first kappa shape index (κ1) is 67.0. The van der Waals surface area contributed by atoms with Gasteiger partial charge in [0.2, 0.25) is 0 Å². The van der Waals surface area contributed by atoms with Crippen LogP contribution in [0.4, 0.5) is 34.1 Å². The summed E-state index contributed by atoms with van der Waals surface area (Å²) < 4.78 is 16.5. The summed E-state index contributed by atoms with van der Waals surface area (Å²) in [6, 6.07) is 42.3. The maximum absolute atomic E-state index is 12.5. The van der Waals surface area contributed by atoms with Crippen LogP contribution in [0.1, 0.15) is 155 Å². The number of hydrogen-bond acceptors (Lipinski definition) is 9. The number of carbonyl (C=O) groups excluding carboxylic acids is 6. The third kappa shape index (κ3) is 23.1. The summed E-state index contributed by atoms with van der Waals surface area (Å²) in [5, 5.41) is 15.9. The lowest BCUT2D eigenvalue weighted by Crippen LogP contribution is -2.29. The second-order valence-electron chi connectivity index (χ2n) is 20.8. The van der Waals surface area contributed by atoms with Gasteiger partial charge in [0.25, 0.3) is 0 Å². The molecular formula is C68H88N6O9. The summed E-state index contributed by atoms with van der Waals surface area (Å²) >= 11 is 0. The van der Waals surface area contributed by atoms with Crippen molar-refractivity contribution in [3.8, 4) is 17.2 Å². The highest BCUT2D eigenvalue weighted by Gasteiger charge is 2.22. The highest BCUT2D eigenvalue weighted by atomic mass is 16.5. The van der Waals surface area contributed by atoms with Crippen LogP contribution in [0.3, 0.4) is 0 Å². The van der Waals surface area contributed by atoms with Gasteiger partial charge in [-0.25, -0.2) is 0 Å². The molecule has 83 heavy (non-hydrogen) atoms. The predicted octanol–water partition coefficient (Wildman–Crippen LogP) is 15.0. The number of hydrogen-bond donors (Lipinski definition) is 6. The zero-order chi connectivity index (χ0) is 60.6. The van der Waals surface area contributed by atoms with Crippen molar-refractivity contribution < 1.29 is 43.0 Å². The Kier molecular flexibility index (Phi) is 29.2. The van der Waals surface area contributed by atoms with E-state index in [1.165, 1.54) is 63.4 Å². The molecule has 0 aliphatic carbocycles. The Balaban J connectivity index is 0.000000272. The monoisotopic (exact) mass is 1130 g/mol. The summed E-state index contributed by atoms with van der Waals surface area (Å²) in [5.41, 5.74) is 7.50. The molecule has 0 saturated carbocycles. The van der Waals surface area contributed by atoms with Crippen molar-refractivity contribution in [1.29, 1.82) is 0 Å². The topological polar surface area (TPSA) is 202 Å². The number of nitrogens with one attached hydrogen (secondary N) is 6. The molecule has 1 atom stereocenters. The molecular weight excluding hydrogens is 1040 g/mol. The second kappa shape index (κ2) is 36.1. The Morgan fingerprint density at radius 1 is 0.398 bits per heavy atom. The summed E-state index contributed by atoms with van der Waals surface area (Å²) in [5.74, 6) is -2.22. The normalized spacial score (nSPS) is 11.0. The second-order valence-corrected chi connectivity index (χ2v) is 20.8. The molecule has 6 amide bonds. The van der Waals surface area contributed by atoms with Crippen LogP contribution in [0, 0.1) is 0 Å². The molecule has 6 aromatic rings. The van der Waals surface area contributed by atoms with Gasteiger partial charge in [0.15, 0.2) is 0 Å². The lowest BCUT2D eigenvalue weighted by Gasteiger charge is -2.21. The largest absolute Gasteiger partial charge is 0.492 e. The SMILES string of the molecule is CCCCCCCCCCC(C)c1ccc(NC(=O)C(=O)Nc2ccccc2OCC)cc1.CCOc1ccc(C(C)(C)C)cc1NC(=O)C(=O)Nc1ccccc1CC.CCOc1ccccc1NC(=O)C(=O)Nc1ccccc1CC. The van der Waals surface area contributed by atoms with Gasteiger partial charge in [-0.05, 0) is 134 Å². The Hall–Kier alpha value is -8.46. The number of anilines is 6. The third-order valence-electron chi connectivity index (χ3n) is 13.4. The number of amides is 6. The Labute approximate surface area is 492 Å². The molecule has 0 aliphatic heterocycles. The number of para-hydroxylation sites is 6. The van der Waals surface area contributed by atoms with Crippen molar-refractivity contribution in [3.05, 3.63) is 162 Å². The molecule has 0 spiro atoms. The van der Waals surface area contributed by atoms with E-state index in [0.29, 0.717) is 77.1 Å². The average Bonchev–Trinajstić information content (AvgIpc) is 3.63. The Morgan fingerprint density at radius 3 is 1.18 bits per heavy atom. The lowest BCUT2D eigenvalue weighted by molar-refractivity contribution is -0.133. The molecule has 0 heterocycles. The number of unbranched alkanes of at least 4 members (excludes halogenated alkanes) is 7. The van der Waals surface area contributed by atoms with Gasteiger partial charge in [-0.15, -0.1) is 0 Å². The molecule has 6 aromatic carbocycles. The molecule has 15 heteroatoms. The molecule has 444 valence electrons. The van der Waals surface area contributed by atoms with Crippen molar-refractivity contribution >= 4 is 69.6 Å². The van der Waals surface area contributed by atoms with Gasteiger partial charge in [-0.3, -0.25) is 28.8 Å². The number of rotatable bonds is 24. The molecule has 0 aromatic heterocycles. The minimum absolute atomic E-state index is 0.0907. The van der Waals surface area contributed by atoms with Gasteiger partial charge in [-0.1, -0.05) is 179 Å². The minimum atomic E-state index is -0.733. The smallest absolute Gasteiger partial charge is 0.314 e. The van der Waals surface area contributed by atoms with Crippen LogP contribution in [0.15, 0.2) is 140 Å². The summed E-state index contributed by atoms with van der Waals surface area (Å²) in [6.07, 6.45) is 13.3. The van der Waals surface area contributed by atoms with Gasteiger partial charge < -0.3 is 46.1 Å². The summed E-state index contributed by atoms with van der Waals surface area (Å²) in [4.78, 5) is 73.7. The highest BCUT2D eigenvalue weighted by molar-refractivity contribution is 6.45. The van der Waals surface area contributed by atoms with Crippen LogP contribution in [0.5, 0.6) is 17.2 Å². The summed E-state index contributed by atoms with van der Waals surface area (Å²) in [6.45, 7) is 21.8. The molecule has 0 aliphatic rings. The third-order valence-corrected chi connectivity index (χ3v) is 13.4. The van der Waals surface area contributed by atoms with E-state index < -0.39 is 35.4 Å². The quantitative estimate of drug-likeness (QED) is 0.0252. The van der Waals surface area contributed by atoms with Crippen LogP contribution in [0.25, 0.3) is 0 Å². The lowest BCUT2D eigenvalue weighted by atomic mass is 9.87. The highest BCUT2D eigenvalue weighted by Crippen LogP contribution is 2.32. The number of ether oxygens (including phenoxy) is 3. The van der Waals surface area contributed by atoms with Gasteiger partial charge in [0.1, 0.15) is 17.2 Å². The van der Waals surface area contributed by atoms with Crippen molar-refractivity contribution in [1.82, 2.24) is 0 Å². The molecule has 6 N–H and O–H groups in total. The number of aryl methyl sites for hydroxylation is 2. The zero-order valence-electron chi connectivity index (χ0n) is 50.4. The fraction of sp³-hybridized carbons (Fsp3) is 0.382. The first-order chi connectivity index (χ1) is 40.0. The van der Waals surface area contributed by atoms with E-state index in [4.69, 9.17) is 14.2 Å². The summed E-state index contributed by atoms with van der Waals surface area (Å²) in [7, 11) is 0. The average molecular weight is 1130 g/mol. The standard InChI is InChI=1S/C28H40N2O3.C22H28N2O3.C18H20N2O3/c1-4-6-7-8-9-10-11-12-15-22(3)23-18-20-24(21-19-23)29-27(31)28(32)30-25-16-13-14-17-26(25)33-5-2;1-6-15-10-8-9-11-17(15)23-20(25)21(26)24-18-14-16(22(3,4)5)12-13-19(18)27-7-2;1-3-13-9-5-6-10-14(13)19-17(21)18(22)20-15-11-7-8-12-16(15)23-4-2/h13-14,16-22H,4-12,15H2,1-3H3,(H,29,31)(H,30,32);8-14H,6-7H2,1-5H3,(H,23,25)(H,24,26);5-12H,3-4H2,1-2H3,(H,19,21)(H,20,22). The van der Waals surface area contributed by atoms with Gasteiger partial charge in [0.05, 0.1) is 36.9 Å². The van der Waals surface area contributed by atoms with Crippen molar-refractivity contribution in [2.45, 2.75) is 151 Å². The van der Waals surface area contributed by atoms with E-state index in [9.17, 15) is 28.8 Å². The van der Waals surface area contributed by atoms with Gasteiger partial charge in [-0.2, -0.15) is 0 Å². The Morgan fingerprint density at radius 2 is 0.759 bits per heavy atom. The molecule has 0 bridgehead atoms. The molecule has 15 nitrogen and oxygen atoms in total. The Bertz CT molecular complexity index is 3010. The molecule has 0 saturated heterocycles. The van der Waals surface area contributed by atoms with Crippen molar-refractivity contribution in [2.75, 3.05) is 51.7 Å². The van der Waals surface area contributed by atoms with E-state index in [-0.39, 0.29) is 5.41 Å². The maximum atomic E-state index is 12.5. The van der Waals surface area contributed by atoms with Crippen molar-refractivity contribution in [2.24, 2.45) is 0 Å². The van der Waals surface area contributed by atoms with Crippen LogP contribution in [-0.2, 0) is 47.0 Å². The van der Waals surface area contributed by atoms with Crippen LogP contribution >= 0.6 is 0 Å².